The maximum Gasteiger partial charge on any atom is 0.112 e. The van der Waals surface area contributed by atoms with Crippen molar-refractivity contribution in [2.75, 3.05) is 13.6 Å². The molecule has 1 N–H and O–H groups in total. The Morgan fingerprint density at radius 1 is 1.38 bits per heavy atom. The summed E-state index contributed by atoms with van der Waals surface area (Å²) < 4.78 is 2.31. The molecule has 0 saturated heterocycles. The number of nitrogens with one attached hydrogen (secondary N) is 1. The Labute approximate surface area is 98.3 Å². The number of hydrogen-bond donors (Lipinski definition) is 1. The lowest BCUT2D eigenvalue weighted by Gasteiger charge is -2.09. The van der Waals surface area contributed by atoms with Gasteiger partial charge in [0.25, 0.3) is 0 Å². The van der Waals surface area contributed by atoms with Crippen LogP contribution in [-0.2, 0) is 13.5 Å². The van der Waals surface area contributed by atoms with Gasteiger partial charge in [0.1, 0.15) is 5.82 Å². The second-order valence-corrected chi connectivity index (χ2v) is 4.90. The SMILES string of the molecule is CNCCc1nc(C2CCCC2)n(C)c1C. The highest BCUT2D eigenvalue weighted by Crippen LogP contribution is 2.33. The Morgan fingerprint density at radius 2 is 2.06 bits per heavy atom. The van der Waals surface area contributed by atoms with Crippen LogP contribution in [0.2, 0.25) is 0 Å². The number of hydrogen-bond acceptors (Lipinski definition) is 2. The quantitative estimate of drug-likeness (QED) is 0.844. The summed E-state index contributed by atoms with van der Waals surface area (Å²) in [5.41, 5.74) is 2.62. The first-order valence-corrected chi connectivity index (χ1v) is 6.40. The molecule has 0 spiro atoms. The number of imidazole rings is 1. The fourth-order valence-corrected chi connectivity index (χ4v) is 2.69. The van der Waals surface area contributed by atoms with E-state index in [1.54, 1.807) is 0 Å². The summed E-state index contributed by atoms with van der Waals surface area (Å²) >= 11 is 0. The smallest absolute Gasteiger partial charge is 0.112 e. The number of rotatable bonds is 4. The third-order valence-electron chi connectivity index (χ3n) is 3.85. The molecular formula is C13H23N3. The molecule has 16 heavy (non-hydrogen) atoms. The molecular weight excluding hydrogens is 198 g/mol. The molecule has 1 fully saturated rings. The van der Waals surface area contributed by atoms with Crippen molar-refractivity contribution in [3.05, 3.63) is 17.2 Å². The summed E-state index contributed by atoms with van der Waals surface area (Å²) in [6, 6.07) is 0. The summed E-state index contributed by atoms with van der Waals surface area (Å²) in [6.45, 7) is 3.21. The molecule has 1 aromatic rings. The molecule has 0 unspecified atom stereocenters. The van der Waals surface area contributed by atoms with Gasteiger partial charge in [-0.3, -0.25) is 0 Å². The molecule has 1 aliphatic carbocycles. The van der Waals surface area contributed by atoms with Crippen LogP contribution in [-0.4, -0.2) is 23.1 Å². The van der Waals surface area contributed by atoms with Crippen LogP contribution in [0.25, 0.3) is 0 Å². The maximum atomic E-state index is 4.85. The fraction of sp³-hybridized carbons (Fsp3) is 0.769. The first-order valence-electron chi connectivity index (χ1n) is 6.40. The van der Waals surface area contributed by atoms with Gasteiger partial charge in [-0.25, -0.2) is 4.98 Å². The molecule has 1 heterocycles. The zero-order valence-corrected chi connectivity index (χ0v) is 10.7. The van der Waals surface area contributed by atoms with Gasteiger partial charge in [-0.15, -0.1) is 0 Å². The highest BCUT2D eigenvalue weighted by Gasteiger charge is 2.23. The lowest BCUT2D eigenvalue weighted by Crippen LogP contribution is -2.11. The Bertz CT molecular complexity index is 348. The molecule has 3 heteroatoms. The zero-order chi connectivity index (χ0) is 11.5. The summed E-state index contributed by atoms with van der Waals surface area (Å²) in [4.78, 5) is 4.85. The average molecular weight is 221 g/mol. The van der Waals surface area contributed by atoms with Crippen molar-refractivity contribution in [3.63, 3.8) is 0 Å². The number of likely N-dealkylation sites (N-methyl/N-ethyl adjacent to an activating group) is 1. The van der Waals surface area contributed by atoms with Crippen molar-refractivity contribution >= 4 is 0 Å². The third kappa shape index (κ3) is 2.14. The largest absolute Gasteiger partial charge is 0.335 e. The average Bonchev–Trinajstić information content (AvgIpc) is 2.88. The minimum Gasteiger partial charge on any atom is -0.335 e. The molecule has 1 aromatic heterocycles. The minimum absolute atomic E-state index is 0.715. The molecule has 0 atom stereocenters. The summed E-state index contributed by atoms with van der Waals surface area (Å²) in [7, 11) is 4.16. The Balaban J connectivity index is 2.18. The first-order chi connectivity index (χ1) is 7.74. The van der Waals surface area contributed by atoms with Crippen molar-refractivity contribution in [1.82, 2.24) is 14.9 Å². The van der Waals surface area contributed by atoms with Gasteiger partial charge in [0.2, 0.25) is 0 Å². The van der Waals surface area contributed by atoms with Crippen molar-refractivity contribution in [2.45, 2.75) is 44.9 Å². The summed E-state index contributed by atoms with van der Waals surface area (Å²) in [5, 5.41) is 3.19. The van der Waals surface area contributed by atoms with E-state index in [2.05, 4.69) is 23.9 Å². The van der Waals surface area contributed by atoms with Crippen LogP contribution in [0.3, 0.4) is 0 Å². The van der Waals surface area contributed by atoms with Gasteiger partial charge < -0.3 is 9.88 Å². The third-order valence-corrected chi connectivity index (χ3v) is 3.85. The monoisotopic (exact) mass is 221 g/mol. The van der Waals surface area contributed by atoms with Gasteiger partial charge in [-0.05, 0) is 26.8 Å². The second-order valence-electron chi connectivity index (χ2n) is 4.90. The predicted octanol–water partition coefficient (Wildman–Crippen LogP) is 2.15. The van der Waals surface area contributed by atoms with E-state index in [4.69, 9.17) is 4.98 Å². The van der Waals surface area contributed by atoms with Crippen LogP contribution in [0.4, 0.5) is 0 Å². The van der Waals surface area contributed by atoms with Gasteiger partial charge >= 0.3 is 0 Å². The zero-order valence-electron chi connectivity index (χ0n) is 10.7. The lowest BCUT2D eigenvalue weighted by molar-refractivity contribution is 0.627. The van der Waals surface area contributed by atoms with Gasteiger partial charge in [0.05, 0.1) is 5.69 Å². The molecule has 2 rings (SSSR count). The molecule has 0 aliphatic heterocycles. The van der Waals surface area contributed by atoms with E-state index in [-0.39, 0.29) is 0 Å². The molecule has 3 nitrogen and oxygen atoms in total. The van der Waals surface area contributed by atoms with Crippen molar-refractivity contribution < 1.29 is 0 Å². The Kier molecular flexibility index (Phi) is 3.64. The molecule has 0 radical (unpaired) electrons. The summed E-state index contributed by atoms with van der Waals surface area (Å²) in [5.74, 6) is 2.04. The topological polar surface area (TPSA) is 29.9 Å². The van der Waals surface area contributed by atoms with Crippen LogP contribution in [0.1, 0.15) is 48.8 Å². The lowest BCUT2D eigenvalue weighted by atomic mass is 10.1. The van der Waals surface area contributed by atoms with Crippen LogP contribution in [0.5, 0.6) is 0 Å². The fourth-order valence-electron chi connectivity index (χ4n) is 2.69. The van der Waals surface area contributed by atoms with E-state index < -0.39 is 0 Å². The van der Waals surface area contributed by atoms with E-state index in [0.29, 0.717) is 5.92 Å². The molecule has 0 amide bonds. The van der Waals surface area contributed by atoms with Crippen molar-refractivity contribution in [3.8, 4) is 0 Å². The Hall–Kier alpha value is -0.830. The van der Waals surface area contributed by atoms with E-state index in [1.165, 1.54) is 42.9 Å². The van der Waals surface area contributed by atoms with E-state index in [1.807, 2.05) is 7.05 Å². The minimum atomic E-state index is 0.715. The Morgan fingerprint density at radius 3 is 2.69 bits per heavy atom. The van der Waals surface area contributed by atoms with Crippen molar-refractivity contribution in [2.24, 2.45) is 7.05 Å². The number of aromatic nitrogens is 2. The van der Waals surface area contributed by atoms with Gasteiger partial charge in [-0.2, -0.15) is 0 Å². The van der Waals surface area contributed by atoms with E-state index in [9.17, 15) is 0 Å². The second kappa shape index (κ2) is 5.00. The molecule has 1 saturated carbocycles. The molecule has 0 aromatic carbocycles. The van der Waals surface area contributed by atoms with Gasteiger partial charge in [0, 0.05) is 31.6 Å². The van der Waals surface area contributed by atoms with Crippen LogP contribution in [0, 0.1) is 6.92 Å². The highest BCUT2D eigenvalue weighted by atomic mass is 15.1. The van der Waals surface area contributed by atoms with E-state index >= 15 is 0 Å². The predicted molar refractivity (Wildman–Crippen MR) is 66.8 cm³/mol. The maximum absolute atomic E-state index is 4.85. The van der Waals surface area contributed by atoms with Crippen LogP contribution >= 0.6 is 0 Å². The summed E-state index contributed by atoms with van der Waals surface area (Å²) in [6.07, 6.45) is 6.46. The van der Waals surface area contributed by atoms with Crippen LogP contribution < -0.4 is 5.32 Å². The first kappa shape index (κ1) is 11.6. The molecule has 90 valence electrons. The molecule has 1 aliphatic rings. The van der Waals surface area contributed by atoms with Crippen LogP contribution in [0.15, 0.2) is 0 Å². The van der Waals surface area contributed by atoms with Crippen molar-refractivity contribution in [1.29, 1.82) is 0 Å². The standard InChI is InChI=1S/C13H23N3/c1-10-12(8-9-14-2)15-13(16(10)3)11-6-4-5-7-11/h11,14H,4-9H2,1-3H3. The normalized spacial score (nSPS) is 17.2. The molecule has 0 bridgehead atoms. The number of nitrogens with zero attached hydrogens (tertiary/aromatic N) is 2. The van der Waals surface area contributed by atoms with Gasteiger partial charge in [-0.1, -0.05) is 12.8 Å². The highest BCUT2D eigenvalue weighted by molar-refractivity contribution is 5.18. The van der Waals surface area contributed by atoms with E-state index in [0.717, 1.165) is 13.0 Å². The van der Waals surface area contributed by atoms with Gasteiger partial charge in [0.15, 0.2) is 0 Å².